The van der Waals surface area contributed by atoms with E-state index in [0.717, 1.165) is 55.6 Å². The Bertz CT molecular complexity index is 1160. The first-order valence-corrected chi connectivity index (χ1v) is 13.4. The molecule has 0 aliphatic heterocycles. The second-order valence-electron chi connectivity index (χ2n) is 10.5. The maximum absolute atomic E-state index is 13.3. The van der Waals surface area contributed by atoms with Crippen LogP contribution in [0.3, 0.4) is 0 Å². The maximum Gasteiger partial charge on any atom is 0.255 e. The summed E-state index contributed by atoms with van der Waals surface area (Å²) in [6, 6.07) is 15.3. The lowest BCUT2D eigenvalue weighted by Crippen LogP contribution is -2.39. The number of nitrogens with one attached hydrogen (secondary N) is 1. The number of imidazole rings is 1. The number of rotatable bonds is 14. The van der Waals surface area contributed by atoms with Crippen molar-refractivity contribution in [1.82, 2.24) is 19.8 Å². The van der Waals surface area contributed by atoms with Gasteiger partial charge in [-0.05, 0) is 48.9 Å². The predicted octanol–water partition coefficient (Wildman–Crippen LogP) is 5.33. The smallest absolute Gasteiger partial charge is 0.255 e. The Hall–Kier alpha value is -3.35. The molecule has 0 radical (unpaired) electrons. The molecule has 3 aromatic rings. The van der Waals surface area contributed by atoms with Gasteiger partial charge in [-0.3, -0.25) is 9.59 Å². The number of carbonyl (C=O) groups is 2. The van der Waals surface area contributed by atoms with Gasteiger partial charge in [0, 0.05) is 26.1 Å². The molecule has 1 heterocycles. The standard InChI is InChI=1S/C30H42N4O3/c1-22(2)19-33(20-23(3)4)29(35)21-34-26-15-10-9-14-25(26)32-28(34)17-7-6-12-18-31-30(36)24-13-8-11-16-27(24)37-5/h8-11,13-16,22-23H,6-7,12,17-21H2,1-5H3,(H,31,36). The minimum absolute atomic E-state index is 0.120. The fourth-order valence-corrected chi connectivity index (χ4v) is 4.60. The Kier molecular flexibility index (Phi) is 10.5. The molecule has 0 bridgehead atoms. The summed E-state index contributed by atoms with van der Waals surface area (Å²) in [6.07, 6.45) is 3.55. The van der Waals surface area contributed by atoms with Crippen LogP contribution < -0.4 is 10.1 Å². The molecule has 0 fully saturated rings. The first-order valence-electron chi connectivity index (χ1n) is 13.4. The molecule has 0 aliphatic carbocycles. The number of unbranched alkanes of at least 4 members (excludes halogenated alkanes) is 2. The van der Waals surface area contributed by atoms with Gasteiger partial charge in [-0.1, -0.05) is 58.4 Å². The van der Waals surface area contributed by atoms with Crippen LogP contribution in [0.2, 0.25) is 0 Å². The highest BCUT2D eigenvalue weighted by atomic mass is 16.5. The number of carbonyl (C=O) groups excluding carboxylic acids is 2. The van der Waals surface area contributed by atoms with E-state index in [-0.39, 0.29) is 11.8 Å². The fraction of sp³-hybridized carbons (Fsp3) is 0.500. The normalized spacial score (nSPS) is 11.3. The molecule has 0 spiro atoms. The molecule has 0 saturated heterocycles. The Labute approximate surface area is 221 Å². The molecule has 1 aromatic heterocycles. The van der Waals surface area contributed by atoms with Gasteiger partial charge in [-0.25, -0.2) is 4.98 Å². The van der Waals surface area contributed by atoms with E-state index in [0.29, 0.717) is 36.2 Å². The highest BCUT2D eigenvalue weighted by molar-refractivity contribution is 5.96. The van der Waals surface area contributed by atoms with Gasteiger partial charge in [-0.15, -0.1) is 0 Å². The van der Waals surface area contributed by atoms with Crippen molar-refractivity contribution >= 4 is 22.8 Å². The third kappa shape index (κ3) is 8.07. The number of methoxy groups -OCH3 is 1. The lowest BCUT2D eigenvalue weighted by molar-refractivity contribution is -0.132. The summed E-state index contributed by atoms with van der Waals surface area (Å²) in [5.74, 6) is 2.39. The largest absolute Gasteiger partial charge is 0.496 e. The molecule has 2 amide bonds. The van der Waals surface area contributed by atoms with Crippen molar-refractivity contribution in [2.24, 2.45) is 11.8 Å². The number of hydrogen-bond acceptors (Lipinski definition) is 4. The van der Waals surface area contributed by atoms with Gasteiger partial charge in [0.1, 0.15) is 18.1 Å². The molecule has 1 N–H and O–H groups in total. The highest BCUT2D eigenvalue weighted by Gasteiger charge is 2.20. The summed E-state index contributed by atoms with van der Waals surface area (Å²) in [7, 11) is 1.57. The molecule has 0 unspecified atom stereocenters. The number of nitrogens with zero attached hydrogens (tertiary/aromatic N) is 3. The van der Waals surface area contributed by atoms with Crippen LogP contribution in [0.1, 0.15) is 63.1 Å². The molecule has 2 aromatic carbocycles. The summed E-state index contributed by atoms with van der Waals surface area (Å²) in [5, 5.41) is 2.98. The molecule has 3 rings (SSSR count). The van der Waals surface area contributed by atoms with Crippen molar-refractivity contribution in [3.63, 3.8) is 0 Å². The Morgan fingerprint density at radius 3 is 2.32 bits per heavy atom. The summed E-state index contributed by atoms with van der Waals surface area (Å²) in [6.45, 7) is 11.0. The molecule has 0 atom stereocenters. The number of ether oxygens (including phenoxy) is 1. The molecule has 0 saturated carbocycles. The van der Waals surface area contributed by atoms with E-state index in [1.807, 2.05) is 41.3 Å². The van der Waals surface area contributed by atoms with E-state index in [1.165, 1.54) is 0 Å². The van der Waals surface area contributed by atoms with E-state index in [2.05, 4.69) is 37.6 Å². The zero-order valence-electron chi connectivity index (χ0n) is 23.0. The molecule has 7 heteroatoms. The van der Waals surface area contributed by atoms with Crippen molar-refractivity contribution in [1.29, 1.82) is 0 Å². The van der Waals surface area contributed by atoms with Gasteiger partial charge in [0.05, 0.1) is 23.7 Å². The summed E-state index contributed by atoms with van der Waals surface area (Å²) in [5.41, 5.74) is 2.48. The average molecular weight is 507 g/mol. The first kappa shape index (κ1) is 28.2. The monoisotopic (exact) mass is 506 g/mol. The Morgan fingerprint density at radius 1 is 0.946 bits per heavy atom. The quantitative estimate of drug-likeness (QED) is 0.300. The predicted molar refractivity (Wildman–Crippen MR) is 149 cm³/mol. The fourth-order valence-electron chi connectivity index (χ4n) is 4.60. The van der Waals surface area contributed by atoms with Crippen molar-refractivity contribution in [3.8, 4) is 5.75 Å². The summed E-state index contributed by atoms with van der Waals surface area (Å²) >= 11 is 0. The van der Waals surface area contributed by atoms with Crippen molar-refractivity contribution in [2.45, 2.75) is 59.9 Å². The van der Waals surface area contributed by atoms with Crippen LogP contribution in [0.15, 0.2) is 48.5 Å². The summed E-state index contributed by atoms with van der Waals surface area (Å²) in [4.78, 5) is 32.7. The summed E-state index contributed by atoms with van der Waals surface area (Å²) < 4.78 is 7.37. The minimum Gasteiger partial charge on any atom is -0.496 e. The number of benzene rings is 2. The second-order valence-corrected chi connectivity index (χ2v) is 10.5. The van der Waals surface area contributed by atoms with Crippen LogP contribution >= 0.6 is 0 Å². The molecule has 0 aliphatic rings. The molecule has 37 heavy (non-hydrogen) atoms. The number of aromatic nitrogens is 2. The third-order valence-corrected chi connectivity index (χ3v) is 6.27. The first-order chi connectivity index (χ1) is 17.8. The van der Waals surface area contributed by atoms with Crippen LogP contribution in [0.5, 0.6) is 5.75 Å². The molecule has 7 nitrogen and oxygen atoms in total. The molecule has 200 valence electrons. The van der Waals surface area contributed by atoms with E-state index in [9.17, 15) is 9.59 Å². The molecular formula is C30H42N4O3. The van der Waals surface area contributed by atoms with Gasteiger partial charge in [0.15, 0.2) is 0 Å². The zero-order chi connectivity index (χ0) is 26.8. The SMILES string of the molecule is COc1ccccc1C(=O)NCCCCCc1nc2ccccc2n1CC(=O)N(CC(C)C)CC(C)C. The highest BCUT2D eigenvalue weighted by Crippen LogP contribution is 2.19. The second kappa shape index (κ2) is 13.8. The van der Waals surface area contributed by atoms with Gasteiger partial charge in [0.25, 0.3) is 5.91 Å². The number of amides is 2. The van der Waals surface area contributed by atoms with Gasteiger partial charge < -0.3 is 19.5 Å². The van der Waals surface area contributed by atoms with Crippen molar-refractivity contribution < 1.29 is 14.3 Å². The lowest BCUT2D eigenvalue weighted by Gasteiger charge is -2.27. The van der Waals surface area contributed by atoms with Gasteiger partial charge in [0.2, 0.25) is 5.91 Å². The van der Waals surface area contributed by atoms with Gasteiger partial charge in [-0.2, -0.15) is 0 Å². The van der Waals surface area contributed by atoms with E-state index in [4.69, 9.17) is 9.72 Å². The zero-order valence-corrected chi connectivity index (χ0v) is 23.0. The van der Waals surface area contributed by atoms with Crippen LogP contribution in [-0.2, 0) is 17.8 Å². The lowest BCUT2D eigenvalue weighted by atomic mass is 10.1. The average Bonchev–Trinajstić information content (AvgIpc) is 3.22. The van der Waals surface area contributed by atoms with Crippen molar-refractivity contribution in [3.05, 3.63) is 59.9 Å². The molecular weight excluding hydrogens is 464 g/mol. The number of fused-ring (bicyclic) bond motifs is 1. The number of hydrogen-bond donors (Lipinski definition) is 1. The van der Waals surface area contributed by atoms with Crippen LogP contribution in [0.25, 0.3) is 11.0 Å². The van der Waals surface area contributed by atoms with Gasteiger partial charge >= 0.3 is 0 Å². The van der Waals surface area contributed by atoms with Crippen LogP contribution in [0, 0.1) is 11.8 Å². The third-order valence-electron chi connectivity index (χ3n) is 6.27. The Morgan fingerprint density at radius 2 is 1.62 bits per heavy atom. The van der Waals surface area contributed by atoms with Crippen molar-refractivity contribution in [2.75, 3.05) is 26.7 Å². The number of aryl methyl sites for hydroxylation is 1. The van der Waals surface area contributed by atoms with E-state index < -0.39 is 0 Å². The Balaban J connectivity index is 1.58. The van der Waals surface area contributed by atoms with E-state index >= 15 is 0 Å². The number of para-hydroxylation sites is 3. The van der Waals surface area contributed by atoms with E-state index in [1.54, 1.807) is 19.2 Å². The topological polar surface area (TPSA) is 76.5 Å². The maximum atomic E-state index is 13.3. The minimum atomic E-state index is -0.120. The van der Waals surface area contributed by atoms with Crippen LogP contribution in [-0.4, -0.2) is 53.0 Å². The van der Waals surface area contributed by atoms with Crippen LogP contribution in [0.4, 0.5) is 0 Å².